The summed E-state index contributed by atoms with van der Waals surface area (Å²) < 4.78 is 6.70. The zero-order valence-corrected chi connectivity index (χ0v) is 13.7. The van der Waals surface area contributed by atoms with Crippen molar-refractivity contribution < 1.29 is 4.74 Å². The summed E-state index contributed by atoms with van der Waals surface area (Å²) in [5.74, 6) is 1.35. The van der Waals surface area contributed by atoms with Crippen LogP contribution in [0.25, 0.3) is 10.9 Å². The molecule has 0 atom stereocenters. The van der Waals surface area contributed by atoms with Crippen LogP contribution >= 0.6 is 0 Å². The van der Waals surface area contributed by atoms with E-state index in [0.29, 0.717) is 23.6 Å². The largest absolute Gasteiger partial charge is 0.497 e. The van der Waals surface area contributed by atoms with Crippen LogP contribution in [0.1, 0.15) is 22.8 Å². The Morgan fingerprint density at radius 1 is 1.21 bits per heavy atom. The molecular weight excluding hydrogens is 304 g/mol. The number of nitriles is 1. The fraction of sp³-hybridized carbons (Fsp3) is 0.222. The maximum Gasteiger partial charge on any atom is 0.264 e. The molecule has 0 amide bonds. The van der Waals surface area contributed by atoms with Crippen molar-refractivity contribution in [2.45, 2.75) is 20.4 Å². The zero-order valence-electron chi connectivity index (χ0n) is 13.7. The fourth-order valence-corrected chi connectivity index (χ4v) is 2.65. The second-order valence-corrected chi connectivity index (χ2v) is 5.52. The standard InChI is InChI=1S/C18H16N4O2/c1-11-8-15-17(16(9-19)20-11)18(23)22(12(2)21-15)10-13-4-6-14(24-3)7-5-13/h4-8H,10H2,1-3H3. The summed E-state index contributed by atoms with van der Waals surface area (Å²) in [6.45, 7) is 3.93. The molecule has 0 aliphatic carbocycles. The number of pyridine rings is 1. The number of benzene rings is 1. The van der Waals surface area contributed by atoms with Gasteiger partial charge in [-0.3, -0.25) is 9.36 Å². The van der Waals surface area contributed by atoms with Crippen molar-refractivity contribution in [1.29, 1.82) is 5.26 Å². The summed E-state index contributed by atoms with van der Waals surface area (Å²) in [7, 11) is 1.61. The first kappa shape index (κ1) is 15.7. The lowest BCUT2D eigenvalue weighted by Crippen LogP contribution is -2.25. The van der Waals surface area contributed by atoms with Crippen LogP contribution in [0.2, 0.25) is 0 Å². The van der Waals surface area contributed by atoms with Gasteiger partial charge in [-0.1, -0.05) is 12.1 Å². The lowest BCUT2D eigenvalue weighted by molar-refractivity contribution is 0.414. The van der Waals surface area contributed by atoms with Gasteiger partial charge in [0.1, 0.15) is 23.0 Å². The van der Waals surface area contributed by atoms with Crippen LogP contribution in [0.4, 0.5) is 0 Å². The summed E-state index contributed by atoms with van der Waals surface area (Å²) in [6.07, 6.45) is 0. The quantitative estimate of drug-likeness (QED) is 0.740. The summed E-state index contributed by atoms with van der Waals surface area (Å²) in [4.78, 5) is 21.5. The van der Waals surface area contributed by atoms with E-state index in [4.69, 9.17) is 4.74 Å². The third-order valence-corrected chi connectivity index (χ3v) is 3.86. The van der Waals surface area contributed by atoms with Gasteiger partial charge in [0.25, 0.3) is 5.56 Å². The van der Waals surface area contributed by atoms with Gasteiger partial charge in [0, 0.05) is 5.69 Å². The molecule has 0 aliphatic heterocycles. The fourth-order valence-electron chi connectivity index (χ4n) is 2.65. The number of fused-ring (bicyclic) bond motifs is 1. The highest BCUT2D eigenvalue weighted by Gasteiger charge is 2.14. The van der Waals surface area contributed by atoms with Crippen molar-refractivity contribution in [2.75, 3.05) is 7.11 Å². The number of ether oxygens (including phenoxy) is 1. The number of rotatable bonds is 3. The molecule has 0 unspecified atom stereocenters. The molecule has 0 saturated heterocycles. The Kier molecular flexibility index (Phi) is 4.00. The van der Waals surface area contributed by atoms with Crippen LogP contribution in [0.15, 0.2) is 35.1 Å². The van der Waals surface area contributed by atoms with E-state index in [1.807, 2.05) is 30.3 Å². The average Bonchev–Trinajstić information content (AvgIpc) is 2.58. The van der Waals surface area contributed by atoms with E-state index >= 15 is 0 Å². The minimum absolute atomic E-state index is 0.117. The molecular formula is C18H16N4O2. The normalized spacial score (nSPS) is 10.6. The van der Waals surface area contributed by atoms with Crippen molar-refractivity contribution in [3.05, 3.63) is 63.5 Å². The zero-order chi connectivity index (χ0) is 17.3. The number of hydrogen-bond donors (Lipinski definition) is 0. The molecule has 0 bridgehead atoms. The number of nitrogens with zero attached hydrogens (tertiary/aromatic N) is 4. The first-order chi connectivity index (χ1) is 11.5. The Morgan fingerprint density at radius 3 is 2.54 bits per heavy atom. The van der Waals surface area contributed by atoms with E-state index in [1.165, 1.54) is 0 Å². The van der Waals surface area contributed by atoms with Crippen molar-refractivity contribution >= 4 is 10.9 Å². The van der Waals surface area contributed by atoms with E-state index in [1.54, 1.807) is 31.6 Å². The molecule has 2 heterocycles. The minimum atomic E-state index is -0.252. The predicted octanol–water partition coefficient (Wildman–Crippen LogP) is 2.34. The van der Waals surface area contributed by atoms with Crippen LogP contribution in [-0.2, 0) is 6.54 Å². The Balaban J connectivity index is 2.16. The van der Waals surface area contributed by atoms with Gasteiger partial charge >= 0.3 is 0 Å². The molecule has 3 aromatic rings. The molecule has 0 saturated carbocycles. The monoisotopic (exact) mass is 320 g/mol. The van der Waals surface area contributed by atoms with E-state index < -0.39 is 0 Å². The lowest BCUT2D eigenvalue weighted by Gasteiger charge is -2.12. The molecule has 0 radical (unpaired) electrons. The van der Waals surface area contributed by atoms with E-state index in [-0.39, 0.29) is 16.6 Å². The van der Waals surface area contributed by atoms with Crippen molar-refractivity contribution in [1.82, 2.24) is 14.5 Å². The molecule has 0 aliphatic rings. The predicted molar refractivity (Wildman–Crippen MR) is 90.1 cm³/mol. The molecule has 0 fully saturated rings. The number of aryl methyl sites for hydroxylation is 2. The first-order valence-electron chi connectivity index (χ1n) is 7.45. The van der Waals surface area contributed by atoms with Gasteiger partial charge < -0.3 is 4.74 Å². The van der Waals surface area contributed by atoms with Gasteiger partial charge in [0.05, 0.1) is 19.2 Å². The van der Waals surface area contributed by atoms with Crippen LogP contribution in [0.3, 0.4) is 0 Å². The molecule has 24 heavy (non-hydrogen) atoms. The Bertz CT molecular complexity index is 1010. The smallest absolute Gasteiger partial charge is 0.264 e. The molecule has 2 aromatic heterocycles. The third-order valence-electron chi connectivity index (χ3n) is 3.86. The van der Waals surface area contributed by atoms with E-state index in [2.05, 4.69) is 9.97 Å². The number of hydrogen-bond acceptors (Lipinski definition) is 5. The number of aromatic nitrogens is 3. The van der Waals surface area contributed by atoms with Crippen LogP contribution in [0.5, 0.6) is 5.75 Å². The van der Waals surface area contributed by atoms with Gasteiger partial charge in [-0.2, -0.15) is 5.26 Å². The maximum atomic E-state index is 12.9. The summed E-state index contributed by atoms with van der Waals surface area (Å²) in [5.41, 5.74) is 1.98. The van der Waals surface area contributed by atoms with Crippen LogP contribution < -0.4 is 10.3 Å². The molecule has 1 aromatic carbocycles. The van der Waals surface area contributed by atoms with Gasteiger partial charge in [-0.25, -0.2) is 9.97 Å². The molecule has 6 heteroatoms. The Morgan fingerprint density at radius 2 is 1.92 bits per heavy atom. The lowest BCUT2D eigenvalue weighted by atomic mass is 10.2. The summed E-state index contributed by atoms with van der Waals surface area (Å²) in [5, 5.41) is 9.56. The highest BCUT2D eigenvalue weighted by molar-refractivity contribution is 5.82. The molecule has 120 valence electrons. The Hall–Kier alpha value is -3.20. The highest BCUT2D eigenvalue weighted by atomic mass is 16.5. The highest BCUT2D eigenvalue weighted by Crippen LogP contribution is 2.15. The van der Waals surface area contributed by atoms with Crippen molar-refractivity contribution in [3.8, 4) is 11.8 Å². The Labute approximate surface area is 139 Å². The minimum Gasteiger partial charge on any atom is -0.497 e. The molecule has 0 spiro atoms. The van der Waals surface area contributed by atoms with Gasteiger partial charge in [0.15, 0.2) is 5.69 Å². The van der Waals surface area contributed by atoms with E-state index in [9.17, 15) is 10.1 Å². The average molecular weight is 320 g/mol. The van der Waals surface area contributed by atoms with Crippen molar-refractivity contribution in [3.63, 3.8) is 0 Å². The second kappa shape index (κ2) is 6.13. The van der Waals surface area contributed by atoms with Crippen LogP contribution in [0, 0.1) is 25.2 Å². The van der Waals surface area contributed by atoms with Gasteiger partial charge in [-0.05, 0) is 37.6 Å². The summed E-state index contributed by atoms with van der Waals surface area (Å²) >= 11 is 0. The van der Waals surface area contributed by atoms with Crippen LogP contribution in [-0.4, -0.2) is 21.6 Å². The molecule has 0 N–H and O–H groups in total. The SMILES string of the molecule is COc1ccc(Cn2c(C)nc3cc(C)nc(C#N)c3c2=O)cc1. The number of methoxy groups -OCH3 is 1. The first-order valence-corrected chi connectivity index (χ1v) is 7.45. The van der Waals surface area contributed by atoms with Gasteiger partial charge in [0.2, 0.25) is 0 Å². The topological polar surface area (TPSA) is 80.8 Å². The summed E-state index contributed by atoms with van der Waals surface area (Å²) in [6, 6.07) is 11.2. The van der Waals surface area contributed by atoms with E-state index in [0.717, 1.165) is 11.3 Å². The molecule has 6 nitrogen and oxygen atoms in total. The maximum absolute atomic E-state index is 12.9. The molecule has 3 rings (SSSR count). The van der Waals surface area contributed by atoms with Gasteiger partial charge in [-0.15, -0.1) is 0 Å². The third kappa shape index (κ3) is 2.72. The second-order valence-electron chi connectivity index (χ2n) is 5.52. The van der Waals surface area contributed by atoms with Crippen molar-refractivity contribution in [2.24, 2.45) is 0 Å².